The lowest BCUT2D eigenvalue weighted by molar-refractivity contribution is -0.0370. The van der Waals surface area contributed by atoms with Crippen molar-refractivity contribution in [2.45, 2.75) is 58.0 Å². The standard InChI is InChI=1S/C23H25F4N3/c1-12(2)14-8-18(24)21(19(25)9-14)22-15-5-6-20-17(10-28-29-20)16(15)7-13(3)30(22)11-23(4,26)27/h5-6,8-10,12-13,22H,7,11H2,1-4H3,(H,28,29)/t13-,22+/m1/s1. The van der Waals surface area contributed by atoms with Gasteiger partial charge in [-0.25, -0.2) is 17.6 Å². The maximum absolute atomic E-state index is 15.3. The topological polar surface area (TPSA) is 31.9 Å². The summed E-state index contributed by atoms with van der Waals surface area (Å²) in [6.45, 7) is 5.77. The van der Waals surface area contributed by atoms with Crippen molar-refractivity contribution in [2.75, 3.05) is 6.54 Å². The molecule has 7 heteroatoms. The van der Waals surface area contributed by atoms with Crippen LogP contribution in [0.15, 0.2) is 30.5 Å². The largest absolute Gasteiger partial charge is 0.283 e. The van der Waals surface area contributed by atoms with Crippen LogP contribution in [0.2, 0.25) is 0 Å². The van der Waals surface area contributed by atoms with Gasteiger partial charge in [0.15, 0.2) is 0 Å². The van der Waals surface area contributed by atoms with Crippen LogP contribution in [0.4, 0.5) is 17.6 Å². The quantitative estimate of drug-likeness (QED) is 0.530. The zero-order valence-corrected chi connectivity index (χ0v) is 17.4. The van der Waals surface area contributed by atoms with E-state index in [4.69, 9.17) is 0 Å². The molecule has 1 aromatic heterocycles. The molecule has 1 aliphatic heterocycles. The van der Waals surface area contributed by atoms with E-state index in [0.717, 1.165) is 23.4 Å². The van der Waals surface area contributed by atoms with Gasteiger partial charge in [0, 0.05) is 23.9 Å². The van der Waals surface area contributed by atoms with Crippen LogP contribution in [-0.2, 0) is 6.42 Å². The molecular formula is C23H25F4N3. The van der Waals surface area contributed by atoms with Crippen molar-refractivity contribution in [3.63, 3.8) is 0 Å². The smallest absolute Gasteiger partial charge is 0.257 e. The molecule has 0 amide bonds. The van der Waals surface area contributed by atoms with Crippen molar-refractivity contribution < 1.29 is 17.6 Å². The van der Waals surface area contributed by atoms with Crippen LogP contribution in [0.5, 0.6) is 0 Å². The number of hydrogen-bond acceptors (Lipinski definition) is 2. The molecule has 0 saturated carbocycles. The number of benzene rings is 2. The molecule has 0 saturated heterocycles. The van der Waals surface area contributed by atoms with Crippen LogP contribution in [0.1, 0.15) is 61.9 Å². The van der Waals surface area contributed by atoms with E-state index in [1.54, 1.807) is 18.3 Å². The Balaban J connectivity index is 1.96. The molecule has 1 aliphatic rings. The van der Waals surface area contributed by atoms with Crippen LogP contribution in [0, 0.1) is 11.6 Å². The molecule has 1 N–H and O–H groups in total. The molecular weight excluding hydrogens is 394 g/mol. The normalized spacial score (nSPS) is 20.2. The van der Waals surface area contributed by atoms with E-state index >= 15 is 8.78 Å². The number of alkyl halides is 2. The lowest BCUT2D eigenvalue weighted by Crippen LogP contribution is -2.48. The molecule has 2 aromatic carbocycles. The number of fused-ring (bicyclic) bond motifs is 3. The first-order valence-corrected chi connectivity index (χ1v) is 10.1. The number of nitrogens with zero attached hydrogens (tertiary/aromatic N) is 2. The lowest BCUT2D eigenvalue weighted by Gasteiger charge is -2.43. The Morgan fingerprint density at radius 3 is 2.47 bits per heavy atom. The van der Waals surface area contributed by atoms with Crippen LogP contribution >= 0.6 is 0 Å². The van der Waals surface area contributed by atoms with E-state index in [2.05, 4.69) is 10.2 Å². The molecule has 0 aliphatic carbocycles. The minimum atomic E-state index is -3.01. The Hall–Kier alpha value is -2.41. The van der Waals surface area contributed by atoms with Gasteiger partial charge in [-0.2, -0.15) is 5.10 Å². The van der Waals surface area contributed by atoms with E-state index < -0.39 is 30.1 Å². The summed E-state index contributed by atoms with van der Waals surface area (Å²) < 4.78 is 58.7. The molecule has 0 bridgehead atoms. The summed E-state index contributed by atoms with van der Waals surface area (Å²) >= 11 is 0. The van der Waals surface area contributed by atoms with E-state index in [1.165, 1.54) is 17.0 Å². The van der Waals surface area contributed by atoms with Gasteiger partial charge in [-0.3, -0.25) is 10.00 Å². The molecule has 0 radical (unpaired) electrons. The average Bonchev–Trinajstić information content (AvgIpc) is 3.11. The Bertz CT molecular complexity index is 1060. The summed E-state index contributed by atoms with van der Waals surface area (Å²) in [5.41, 5.74) is 2.70. The van der Waals surface area contributed by atoms with Crippen LogP contribution in [0.25, 0.3) is 10.9 Å². The zero-order valence-electron chi connectivity index (χ0n) is 17.4. The number of rotatable bonds is 4. The lowest BCUT2D eigenvalue weighted by atomic mass is 9.82. The van der Waals surface area contributed by atoms with Gasteiger partial charge in [0.1, 0.15) is 11.6 Å². The van der Waals surface area contributed by atoms with Crippen LogP contribution < -0.4 is 0 Å². The third-order valence-electron chi connectivity index (χ3n) is 5.97. The van der Waals surface area contributed by atoms with E-state index in [-0.39, 0.29) is 17.5 Å². The predicted molar refractivity (Wildman–Crippen MR) is 109 cm³/mol. The predicted octanol–water partition coefficient (Wildman–Crippen LogP) is 5.96. The fraction of sp³-hybridized carbons (Fsp3) is 0.435. The second kappa shape index (κ2) is 7.38. The maximum Gasteiger partial charge on any atom is 0.257 e. The van der Waals surface area contributed by atoms with E-state index in [0.29, 0.717) is 17.5 Å². The molecule has 4 rings (SSSR count). The first kappa shape index (κ1) is 20.8. The Morgan fingerprint density at radius 2 is 1.87 bits per heavy atom. The second-order valence-corrected chi connectivity index (χ2v) is 8.72. The summed E-state index contributed by atoms with van der Waals surface area (Å²) in [5, 5.41) is 7.82. The summed E-state index contributed by atoms with van der Waals surface area (Å²) in [6.07, 6.45) is 2.17. The highest BCUT2D eigenvalue weighted by molar-refractivity contribution is 5.83. The van der Waals surface area contributed by atoms with Crippen molar-refractivity contribution in [3.8, 4) is 0 Å². The molecule has 2 atom stereocenters. The number of halogens is 4. The van der Waals surface area contributed by atoms with Crippen LogP contribution in [-0.4, -0.2) is 33.6 Å². The fourth-order valence-electron chi connectivity index (χ4n) is 4.51. The second-order valence-electron chi connectivity index (χ2n) is 8.72. The number of aromatic nitrogens is 2. The van der Waals surface area contributed by atoms with Crippen LogP contribution in [0.3, 0.4) is 0 Å². The summed E-state index contributed by atoms with van der Waals surface area (Å²) in [5.74, 6) is -4.47. The Labute approximate surface area is 173 Å². The average molecular weight is 419 g/mol. The van der Waals surface area contributed by atoms with Gasteiger partial charge in [-0.05, 0) is 54.2 Å². The molecule has 3 aromatic rings. The highest BCUT2D eigenvalue weighted by Gasteiger charge is 2.41. The highest BCUT2D eigenvalue weighted by Crippen LogP contribution is 2.43. The Kier molecular flexibility index (Phi) is 5.12. The van der Waals surface area contributed by atoms with Gasteiger partial charge in [0.05, 0.1) is 24.3 Å². The van der Waals surface area contributed by atoms with Crippen molar-refractivity contribution in [1.82, 2.24) is 15.1 Å². The Morgan fingerprint density at radius 1 is 1.20 bits per heavy atom. The fourth-order valence-corrected chi connectivity index (χ4v) is 4.51. The SMILES string of the molecule is CC(C)c1cc(F)c([C@@H]2c3ccc4[nH]ncc4c3C[C@@H](C)N2CC(C)(F)F)c(F)c1. The molecule has 2 heterocycles. The molecule has 160 valence electrons. The third-order valence-corrected chi connectivity index (χ3v) is 5.97. The minimum Gasteiger partial charge on any atom is -0.283 e. The first-order valence-electron chi connectivity index (χ1n) is 10.1. The van der Waals surface area contributed by atoms with E-state index in [1.807, 2.05) is 20.8 Å². The summed E-state index contributed by atoms with van der Waals surface area (Å²) in [6, 6.07) is 4.90. The molecule has 0 spiro atoms. The molecule has 0 unspecified atom stereocenters. The van der Waals surface area contributed by atoms with Crippen molar-refractivity contribution >= 4 is 10.9 Å². The third kappa shape index (κ3) is 3.60. The number of aromatic amines is 1. The number of H-pyrrole nitrogens is 1. The van der Waals surface area contributed by atoms with Crippen molar-refractivity contribution in [3.05, 3.63) is 64.4 Å². The minimum absolute atomic E-state index is 0.0535. The van der Waals surface area contributed by atoms with Gasteiger partial charge in [0.25, 0.3) is 5.92 Å². The van der Waals surface area contributed by atoms with Gasteiger partial charge >= 0.3 is 0 Å². The van der Waals surface area contributed by atoms with Gasteiger partial charge < -0.3 is 0 Å². The maximum atomic E-state index is 15.3. The van der Waals surface area contributed by atoms with Gasteiger partial charge in [0.2, 0.25) is 0 Å². The first-order chi connectivity index (χ1) is 14.1. The van der Waals surface area contributed by atoms with Crippen molar-refractivity contribution in [1.29, 1.82) is 0 Å². The molecule has 0 fully saturated rings. The number of hydrogen-bond donors (Lipinski definition) is 1. The van der Waals surface area contributed by atoms with E-state index in [9.17, 15) is 8.78 Å². The summed E-state index contributed by atoms with van der Waals surface area (Å²) in [4.78, 5) is 1.52. The van der Waals surface area contributed by atoms with Crippen molar-refractivity contribution in [2.24, 2.45) is 0 Å². The molecule has 3 nitrogen and oxygen atoms in total. The monoisotopic (exact) mass is 419 g/mol. The number of nitrogens with one attached hydrogen (secondary N) is 1. The molecule has 30 heavy (non-hydrogen) atoms. The summed E-state index contributed by atoms with van der Waals surface area (Å²) in [7, 11) is 0. The van der Waals surface area contributed by atoms with Gasteiger partial charge in [-0.1, -0.05) is 19.9 Å². The highest BCUT2D eigenvalue weighted by atomic mass is 19.3. The zero-order chi connectivity index (χ0) is 21.8. The van der Waals surface area contributed by atoms with Gasteiger partial charge in [-0.15, -0.1) is 0 Å².